The molecule has 0 fully saturated rings. The lowest BCUT2D eigenvalue weighted by Gasteiger charge is -2.24. The summed E-state index contributed by atoms with van der Waals surface area (Å²) in [5, 5.41) is 3.97. The van der Waals surface area contributed by atoms with Gasteiger partial charge in [0.25, 0.3) is 0 Å². The van der Waals surface area contributed by atoms with E-state index in [-0.39, 0.29) is 6.04 Å². The zero-order valence-corrected chi connectivity index (χ0v) is 13.2. The molecule has 2 nitrogen and oxygen atoms in total. The third kappa shape index (κ3) is 3.71. The van der Waals surface area contributed by atoms with E-state index in [0.29, 0.717) is 11.1 Å². The summed E-state index contributed by atoms with van der Waals surface area (Å²) in [6.07, 6.45) is 1.69. The predicted octanol–water partition coefficient (Wildman–Crippen LogP) is 5.31. The van der Waals surface area contributed by atoms with Gasteiger partial charge in [0.2, 0.25) is 0 Å². The molecule has 0 radical (unpaired) electrons. The van der Waals surface area contributed by atoms with E-state index < -0.39 is 0 Å². The van der Waals surface area contributed by atoms with Crippen molar-refractivity contribution in [2.45, 2.75) is 19.9 Å². The summed E-state index contributed by atoms with van der Waals surface area (Å²) in [6.45, 7) is 4.37. The number of hydrogen-bond donors (Lipinski definition) is 1. The number of aromatic nitrogens is 1. The molecule has 0 spiro atoms. The maximum atomic E-state index is 6.14. The van der Waals surface area contributed by atoms with Gasteiger partial charge in [0, 0.05) is 10.7 Å². The predicted molar refractivity (Wildman–Crippen MR) is 84.6 cm³/mol. The molecule has 1 aromatic carbocycles. The fourth-order valence-electron chi connectivity index (χ4n) is 1.99. The Bertz CT molecular complexity index is 543. The van der Waals surface area contributed by atoms with Crippen LogP contribution in [0.5, 0.6) is 0 Å². The largest absolute Gasteiger partial charge is 0.375 e. The molecule has 100 valence electrons. The number of benzene rings is 1. The first kappa shape index (κ1) is 14.4. The fourth-order valence-corrected chi connectivity index (χ4v) is 2.48. The van der Waals surface area contributed by atoms with Gasteiger partial charge in [0.05, 0.1) is 11.7 Å². The minimum atomic E-state index is 0.204. The molecular formula is C15H16BrClN2. The van der Waals surface area contributed by atoms with Crippen molar-refractivity contribution in [3.8, 4) is 0 Å². The molecule has 0 saturated heterocycles. The molecule has 0 aliphatic rings. The molecule has 1 atom stereocenters. The van der Waals surface area contributed by atoms with Crippen LogP contribution in [0.2, 0.25) is 5.15 Å². The Balaban J connectivity index is 2.29. The van der Waals surface area contributed by atoms with Crippen molar-refractivity contribution >= 4 is 33.2 Å². The van der Waals surface area contributed by atoms with Gasteiger partial charge < -0.3 is 5.32 Å². The van der Waals surface area contributed by atoms with Crippen LogP contribution < -0.4 is 5.32 Å². The van der Waals surface area contributed by atoms with Crippen molar-refractivity contribution in [2.75, 3.05) is 5.32 Å². The second-order valence-electron chi connectivity index (χ2n) is 4.77. The first-order valence-electron chi connectivity index (χ1n) is 6.20. The van der Waals surface area contributed by atoms with E-state index in [4.69, 9.17) is 11.6 Å². The van der Waals surface area contributed by atoms with Crippen LogP contribution in [0.4, 0.5) is 5.69 Å². The number of nitrogens with one attached hydrogen (secondary N) is 1. The summed E-state index contributed by atoms with van der Waals surface area (Å²) in [6, 6.07) is 12.5. The summed E-state index contributed by atoms with van der Waals surface area (Å²) in [7, 11) is 0. The molecule has 2 rings (SSSR count). The maximum Gasteiger partial charge on any atom is 0.152 e. The molecule has 0 bridgehead atoms. The smallest absolute Gasteiger partial charge is 0.152 e. The minimum absolute atomic E-state index is 0.204. The quantitative estimate of drug-likeness (QED) is 0.764. The van der Waals surface area contributed by atoms with Crippen LogP contribution in [-0.4, -0.2) is 4.98 Å². The highest BCUT2D eigenvalue weighted by atomic mass is 79.9. The zero-order chi connectivity index (χ0) is 13.8. The second-order valence-corrected chi connectivity index (χ2v) is 6.04. The summed E-state index contributed by atoms with van der Waals surface area (Å²) < 4.78 is 0.912. The van der Waals surface area contributed by atoms with E-state index in [1.165, 1.54) is 5.56 Å². The normalized spacial score (nSPS) is 12.5. The van der Waals surface area contributed by atoms with Crippen molar-refractivity contribution in [2.24, 2.45) is 5.92 Å². The lowest BCUT2D eigenvalue weighted by Crippen LogP contribution is -2.17. The Labute approximate surface area is 127 Å². The first-order valence-corrected chi connectivity index (χ1v) is 7.37. The van der Waals surface area contributed by atoms with Gasteiger partial charge in [-0.3, -0.25) is 0 Å². The molecule has 4 heteroatoms. The Morgan fingerprint density at radius 2 is 1.89 bits per heavy atom. The van der Waals surface area contributed by atoms with Crippen molar-refractivity contribution in [3.05, 3.63) is 57.8 Å². The van der Waals surface area contributed by atoms with E-state index in [0.717, 1.165) is 10.2 Å². The number of anilines is 1. The third-order valence-electron chi connectivity index (χ3n) is 2.94. The van der Waals surface area contributed by atoms with Crippen LogP contribution in [0.3, 0.4) is 0 Å². The van der Waals surface area contributed by atoms with Crippen LogP contribution in [0.25, 0.3) is 0 Å². The van der Waals surface area contributed by atoms with Gasteiger partial charge in [-0.1, -0.05) is 55.8 Å². The molecule has 19 heavy (non-hydrogen) atoms. The molecular weight excluding hydrogens is 324 g/mol. The number of nitrogens with zero attached hydrogens (tertiary/aromatic N) is 1. The zero-order valence-electron chi connectivity index (χ0n) is 10.9. The van der Waals surface area contributed by atoms with Crippen molar-refractivity contribution in [1.82, 2.24) is 4.98 Å². The number of rotatable bonds is 4. The van der Waals surface area contributed by atoms with E-state index in [9.17, 15) is 0 Å². The van der Waals surface area contributed by atoms with Gasteiger partial charge in [0.1, 0.15) is 0 Å². The van der Waals surface area contributed by atoms with Crippen molar-refractivity contribution in [1.29, 1.82) is 0 Å². The lowest BCUT2D eigenvalue weighted by atomic mass is 9.96. The van der Waals surface area contributed by atoms with Crippen molar-refractivity contribution in [3.63, 3.8) is 0 Å². The number of halogens is 2. The monoisotopic (exact) mass is 338 g/mol. The lowest BCUT2D eigenvalue weighted by molar-refractivity contribution is 0.546. The Hall–Kier alpha value is -1.06. The molecule has 1 N–H and O–H groups in total. The summed E-state index contributed by atoms with van der Waals surface area (Å²) in [5.41, 5.74) is 2.09. The summed E-state index contributed by atoms with van der Waals surface area (Å²) in [5.74, 6) is 0.442. The summed E-state index contributed by atoms with van der Waals surface area (Å²) >= 11 is 9.56. The molecule has 0 saturated carbocycles. The number of pyridine rings is 1. The molecule has 1 aromatic heterocycles. The van der Waals surface area contributed by atoms with Crippen LogP contribution in [0, 0.1) is 5.92 Å². The second kappa shape index (κ2) is 6.40. The van der Waals surface area contributed by atoms with Gasteiger partial charge in [-0.25, -0.2) is 4.98 Å². The van der Waals surface area contributed by atoms with Crippen molar-refractivity contribution < 1.29 is 0 Å². The van der Waals surface area contributed by atoms with E-state index in [2.05, 4.69) is 52.2 Å². The van der Waals surface area contributed by atoms with E-state index in [1.807, 2.05) is 24.3 Å². The molecule has 1 unspecified atom stereocenters. The van der Waals surface area contributed by atoms with E-state index in [1.54, 1.807) is 6.20 Å². The van der Waals surface area contributed by atoms with Crippen LogP contribution in [0.15, 0.2) is 47.1 Å². The highest BCUT2D eigenvalue weighted by Gasteiger charge is 2.17. The summed E-state index contributed by atoms with van der Waals surface area (Å²) in [4.78, 5) is 4.14. The molecule has 0 aliphatic carbocycles. The highest BCUT2D eigenvalue weighted by Crippen LogP contribution is 2.30. The maximum absolute atomic E-state index is 6.14. The SMILES string of the molecule is CC(C)C(Nc1cc(Br)cnc1Cl)c1ccccc1. The Morgan fingerprint density at radius 1 is 1.21 bits per heavy atom. The average molecular weight is 340 g/mol. The first-order chi connectivity index (χ1) is 9.08. The molecule has 1 heterocycles. The minimum Gasteiger partial charge on any atom is -0.375 e. The topological polar surface area (TPSA) is 24.9 Å². The number of hydrogen-bond acceptors (Lipinski definition) is 2. The van der Waals surface area contributed by atoms with Gasteiger partial charge in [-0.15, -0.1) is 0 Å². The average Bonchev–Trinajstić information content (AvgIpc) is 2.40. The van der Waals surface area contributed by atoms with Crippen LogP contribution >= 0.6 is 27.5 Å². The van der Waals surface area contributed by atoms with Gasteiger partial charge in [-0.05, 0) is 33.5 Å². The molecule has 2 aromatic rings. The highest BCUT2D eigenvalue weighted by molar-refractivity contribution is 9.10. The standard InChI is InChI=1S/C15H16BrClN2/c1-10(2)14(11-6-4-3-5-7-11)19-13-8-12(16)9-18-15(13)17/h3-10,14,19H,1-2H3. The fraction of sp³-hybridized carbons (Fsp3) is 0.267. The van der Waals surface area contributed by atoms with Crippen LogP contribution in [0.1, 0.15) is 25.5 Å². The third-order valence-corrected chi connectivity index (χ3v) is 3.68. The van der Waals surface area contributed by atoms with Crippen LogP contribution in [-0.2, 0) is 0 Å². The molecule has 0 aliphatic heterocycles. The Morgan fingerprint density at radius 3 is 2.53 bits per heavy atom. The van der Waals surface area contributed by atoms with Gasteiger partial charge in [0.15, 0.2) is 5.15 Å². The van der Waals surface area contributed by atoms with E-state index >= 15 is 0 Å². The molecule has 0 amide bonds. The Kier molecular flexibility index (Phi) is 4.83. The van der Waals surface area contributed by atoms with Gasteiger partial charge >= 0.3 is 0 Å². The van der Waals surface area contributed by atoms with Gasteiger partial charge in [-0.2, -0.15) is 0 Å².